The number of hydrogen-bond donors (Lipinski definition) is 2. The Morgan fingerprint density at radius 1 is 1.03 bits per heavy atom. The van der Waals surface area contributed by atoms with Gasteiger partial charge in [0.15, 0.2) is 11.5 Å². The fourth-order valence-corrected chi connectivity index (χ4v) is 3.74. The van der Waals surface area contributed by atoms with Crippen LogP contribution in [0.15, 0.2) is 24.5 Å². The molecule has 1 aliphatic heterocycles. The first-order chi connectivity index (χ1) is 14.9. The minimum absolute atomic E-state index is 0.135. The summed E-state index contributed by atoms with van der Waals surface area (Å²) in [5.41, 5.74) is 9.47. The Balaban J connectivity index is 1.88. The predicted octanol–water partition coefficient (Wildman–Crippen LogP) is 1.88. The van der Waals surface area contributed by atoms with Gasteiger partial charge in [-0.25, -0.2) is 15.0 Å². The standard InChI is InChI=1S/C21H22N6O4/c1-10-19-14(27-21(22)24-10)7-13(26-20(19)28)11-5-16(29-2)17(30-3)6-12(11)15-8-23-9-18(25-15)31-4/h5-6,8-9,13H,7H2,1-4H3,(H,26,28)(H2,22,24,27). The normalized spacial score (nSPS) is 15.1. The predicted molar refractivity (Wildman–Crippen MR) is 112 cm³/mol. The van der Waals surface area contributed by atoms with Crippen molar-refractivity contribution in [2.45, 2.75) is 19.4 Å². The van der Waals surface area contributed by atoms with Crippen LogP contribution >= 0.6 is 0 Å². The summed E-state index contributed by atoms with van der Waals surface area (Å²) >= 11 is 0. The molecule has 0 bridgehead atoms. The average molecular weight is 422 g/mol. The molecular formula is C21H22N6O4. The summed E-state index contributed by atoms with van der Waals surface area (Å²) in [6.45, 7) is 1.74. The van der Waals surface area contributed by atoms with Gasteiger partial charge in [-0.1, -0.05) is 0 Å². The van der Waals surface area contributed by atoms with Gasteiger partial charge in [-0.2, -0.15) is 0 Å². The molecule has 2 aromatic heterocycles. The molecule has 3 N–H and O–H groups in total. The Kier molecular flexibility index (Phi) is 5.28. The smallest absolute Gasteiger partial charge is 0.255 e. The van der Waals surface area contributed by atoms with Gasteiger partial charge in [-0.05, 0) is 24.6 Å². The van der Waals surface area contributed by atoms with E-state index in [1.165, 1.54) is 13.3 Å². The number of fused-ring (bicyclic) bond motifs is 1. The average Bonchev–Trinajstić information content (AvgIpc) is 2.77. The number of anilines is 1. The second-order valence-corrected chi connectivity index (χ2v) is 6.96. The fraction of sp³-hybridized carbons (Fsp3) is 0.286. The van der Waals surface area contributed by atoms with Gasteiger partial charge in [0.1, 0.15) is 0 Å². The molecule has 1 unspecified atom stereocenters. The number of rotatable bonds is 5. The van der Waals surface area contributed by atoms with E-state index in [1.54, 1.807) is 33.4 Å². The summed E-state index contributed by atoms with van der Waals surface area (Å²) in [6.07, 6.45) is 3.57. The van der Waals surface area contributed by atoms with E-state index in [-0.39, 0.29) is 11.9 Å². The van der Waals surface area contributed by atoms with Crippen LogP contribution in [0.2, 0.25) is 0 Å². The first-order valence-electron chi connectivity index (χ1n) is 9.51. The third-order valence-corrected chi connectivity index (χ3v) is 5.14. The number of nitrogen functional groups attached to an aromatic ring is 1. The van der Waals surface area contributed by atoms with Crippen molar-refractivity contribution < 1.29 is 19.0 Å². The maximum atomic E-state index is 12.9. The number of amides is 1. The largest absolute Gasteiger partial charge is 0.493 e. The van der Waals surface area contributed by atoms with Crippen LogP contribution in [-0.2, 0) is 6.42 Å². The first kappa shape index (κ1) is 20.3. The van der Waals surface area contributed by atoms with Gasteiger partial charge >= 0.3 is 0 Å². The van der Waals surface area contributed by atoms with E-state index in [0.717, 1.165) is 11.1 Å². The fourth-order valence-electron chi connectivity index (χ4n) is 3.74. The van der Waals surface area contributed by atoms with Crippen molar-refractivity contribution in [2.24, 2.45) is 0 Å². The zero-order chi connectivity index (χ0) is 22.1. The second-order valence-electron chi connectivity index (χ2n) is 6.96. The molecule has 0 saturated heterocycles. The number of nitrogens with two attached hydrogens (primary N) is 1. The van der Waals surface area contributed by atoms with Crippen molar-refractivity contribution in [2.75, 3.05) is 27.1 Å². The number of carbonyl (C=O) groups excluding carboxylic acids is 1. The monoisotopic (exact) mass is 422 g/mol. The van der Waals surface area contributed by atoms with E-state index < -0.39 is 6.04 Å². The maximum absolute atomic E-state index is 12.9. The zero-order valence-electron chi connectivity index (χ0n) is 17.6. The Morgan fingerprint density at radius 3 is 2.48 bits per heavy atom. The van der Waals surface area contributed by atoms with Gasteiger partial charge in [0.2, 0.25) is 11.8 Å². The summed E-state index contributed by atoms with van der Waals surface area (Å²) in [6, 6.07) is 3.22. The quantitative estimate of drug-likeness (QED) is 0.632. The molecular weight excluding hydrogens is 400 g/mol. The molecule has 0 radical (unpaired) electrons. The third kappa shape index (κ3) is 3.67. The molecule has 1 atom stereocenters. The van der Waals surface area contributed by atoms with Crippen LogP contribution in [0.25, 0.3) is 11.3 Å². The van der Waals surface area contributed by atoms with Crippen molar-refractivity contribution in [3.63, 3.8) is 0 Å². The number of carbonyl (C=O) groups is 1. The molecule has 0 spiro atoms. The van der Waals surface area contributed by atoms with Gasteiger partial charge in [-0.15, -0.1) is 0 Å². The highest BCUT2D eigenvalue weighted by atomic mass is 16.5. The van der Waals surface area contributed by atoms with Crippen molar-refractivity contribution in [3.05, 3.63) is 47.0 Å². The van der Waals surface area contributed by atoms with E-state index >= 15 is 0 Å². The summed E-state index contributed by atoms with van der Waals surface area (Å²) in [5, 5.41) is 3.04. The lowest BCUT2D eigenvalue weighted by Gasteiger charge is -2.28. The van der Waals surface area contributed by atoms with Crippen molar-refractivity contribution in [1.29, 1.82) is 0 Å². The number of benzene rings is 1. The summed E-state index contributed by atoms with van der Waals surface area (Å²) < 4.78 is 16.2. The van der Waals surface area contributed by atoms with E-state index in [4.69, 9.17) is 19.9 Å². The van der Waals surface area contributed by atoms with E-state index in [2.05, 4.69) is 25.3 Å². The highest BCUT2D eigenvalue weighted by molar-refractivity contribution is 5.98. The van der Waals surface area contributed by atoms with E-state index in [9.17, 15) is 4.79 Å². The number of aromatic nitrogens is 4. The lowest BCUT2D eigenvalue weighted by molar-refractivity contribution is 0.0922. The SMILES string of the molecule is COc1cncc(-c2cc(OC)c(OC)cc2C2Cc3nc(N)nc(C)c3C(=O)N2)n1. The molecule has 1 aromatic carbocycles. The second kappa shape index (κ2) is 8.05. The minimum atomic E-state index is -0.406. The van der Waals surface area contributed by atoms with Gasteiger partial charge in [-0.3, -0.25) is 9.78 Å². The number of hydrogen-bond acceptors (Lipinski definition) is 9. The van der Waals surface area contributed by atoms with E-state index in [0.29, 0.717) is 46.4 Å². The molecule has 3 heterocycles. The molecule has 0 aliphatic carbocycles. The van der Waals surface area contributed by atoms with Crippen molar-refractivity contribution >= 4 is 11.9 Å². The molecule has 1 aliphatic rings. The lowest BCUT2D eigenvalue weighted by atomic mass is 9.90. The van der Waals surface area contributed by atoms with Crippen LogP contribution in [0.3, 0.4) is 0 Å². The highest BCUT2D eigenvalue weighted by Crippen LogP contribution is 2.40. The van der Waals surface area contributed by atoms with Crippen LogP contribution in [0.1, 0.15) is 33.4 Å². The van der Waals surface area contributed by atoms with Crippen molar-refractivity contribution in [1.82, 2.24) is 25.3 Å². The topological polar surface area (TPSA) is 134 Å². The van der Waals surface area contributed by atoms with Crippen LogP contribution < -0.4 is 25.3 Å². The maximum Gasteiger partial charge on any atom is 0.255 e. The number of ether oxygens (including phenoxy) is 3. The molecule has 10 heteroatoms. The van der Waals surface area contributed by atoms with Crippen LogP contribution in [-0.4, -0.2) is 47.2 Å². The van der Waals surface area contributed by atoms with Crippen LogP contribution in [0.5, 0.6) is 17.4 Å². The van der Waals surface area contributed by atoms with Gasteiger partial charge in [0.05, 0.1) is 62.4 Å². The highest BCUT2D eigenvalue weighted by Gasteiger charge is 2.31. The molecule has 4 rings (SSSR count). The molecule has 160 valence electrons. The van der Waals surface area contributed by atoms with Gasteiger partial charge < -0.3 is 25.3 Å². The lowest BCUT2D eigenvalue weighted by Crippen LogP contribution is -2.37. The Labute approximate surface area is 178 Å². The number of nitrogens with one attached hydrogen (secondary N) is 1. The summed E-state index contributed by atoms with van der Waals surface area (Å²) in [4.78, 5) is 30.0. The molecule has 31 heavy (non-hydrogen) atoms. The summed E-state index contributed by atoms with van der Waals surface area (Å²) in [7, 11) is 4.63. The molecule has 0 fully saturated rings. The molecule has 1 amide bonds. The molecule has 10 nitrogen and oxygen atoms in total. The van der Waals surface area contributed by atoms with Crippen LogP contribution in [0, 0.1) is 6.92 Å². The Hall–Kier alpha value is -3.95. The van der Waals surface area contributed by atoms with Gasteiger partial charge in [0, 0.05) is 12.0 Å². The van der Waals surface area contributed by atoms with E-state index in [1.807, 2.05) is 6.07 Å². The minimum Gasteiger partial charge on any atom is -0.493 e. The van der Waals surface area contributed by atoms with Crippen molar-refractivity contribution in [3.8, 4) is 28.6 Å². The third-order valence-electron chi connectivity index (χ3n) is 5.14. The Bertz CT molecular complexity index is 1170. The number of aryl methyl sites for hydroxylation is 1. The number of methoxy groups -OCH3 is 3. The van der Waals surface area contributed by atoms with Crippen LogP contribution in [0.4, 0.5) is 5.95 Å². The summed E-state index contributed by atoms with van der Waals surface area (Å²) in [5.74, 6) is 1.29. The first-order valence-corrected chi connectivity index (χ1v) is 9.51. The zero-order valence-corrected chi connectivity index (χ0v) is 17.6. The molecule has 0 saturated carbocycles. The molecule has 3 aromatic rings. The Morgan fingerprint density at radius 2 is 1.77 bits per heavy atom. The van der Waals surface area contributed by atoms with Gasteiger partial charge in [0.25, 0.3) is 5.91 Å². The number of nitrogens with zero attached hydrogens (tertiary/aromatic N) is 4.